The van der Waals surface area contributed by atoms with E-state index in [0.29, 0.717) is 14.7 Å². The second kappa shape index (κ2) is 11.0. The third-order valence-corrected chi connectivity index (χ3v) is 17.4. The van der Waals surface area contributed by atoms with Gasteiger partial charge in [0.1, 0.15) is 0 Å². The maximum absolute atomic E-state index is 3.43. The van der Waals surface area contributed by atoms with Crippen LogP contribution in [0.15, 0.2) is 0 Å². The van der Waals surface area contributed by atoms with E-state index in [4.69, 9.17) is 0 Å². The van der Waals surface area contributed by atoms with Crippen molar-refractivity contribution >= 4 is 35.6 Å². The van der Waals surface area contributed by atoms with Crippen molar-refractivity contribution in [1.82, 2.24) is 0 Å². The van der Waals surface area contributed by atoms with Crippen LogP contribution in [-0.2, 0) is 0 Å². The van der Waals surface area contributed by atoms with Crippen LogP contribution in [0.25, 0.3) is 0 Å². The largest absolute Gasteiger partial charge is 0.126 e. The standard InChI is InChI=1S/C21H48P4/c1-10-16(7)19(22,13-4)25(20(23,14-5)17(8)11-2)21(24,15-6)18(9)12-3/h16-18H,10-15,22-24H2,1-9H3. The molecule has 25 heavy (non-hydrogen) atoms. The van der Waals surface area contributed by atoms with E-state index < -0.39 is 0 Å². The Bertz CT molecular complexity index is 331. The minimum absolute atomic E-state index is 0.244. The van der Waals surface area contributed by atoms with Crippen molar-refractivity contribution in [2.24, 2.45) is 17.8 Å². The molecule has 0 aromatic rings. The van der Waals surface area contributed by atoms with Gasteiger partial charge in [-0.2, -0.15) is 0 Å². The van der Waals surface area contributed by atoms with Gasteiger partial charge in [0, 0.05) is 14.7 Å². The molecular formula is C21H48P4. The average molecular weight is 425 g/mol. The highest BCUT2D eigenvalue weighted by Gasteiger charge is 2.56. The van der Waals surface area contributed by atoms with E-state index in [9.17, 15) is 0 Å². The molecule has 0 radical (unpaired) electrons. The van der Waals surface area contributed by atoms with Crippen molar-refractivity contribution in [3.8, 4) is 0 Å². The summed E-state index contributed by atoms with van der Waals surface area (Å²) in [7, 11) is 10.1. The Hall–Kier alpha value is 1.72. The molecule has 0 N–H and O–H groups in total. The molecule has 0 aromatic heterocycles. The van der Waals surface area contributed by atoms with Crippen molar-refractivity contribution in [3.63, 3.8) is 0 Å². The maximum Gasteiger partial charge on any atom is 0.00882 e. The number of hydrogen-bond acceptors (Lipinski definition) is 0. The van der Waals surface area contributed by atoms with E-state index in [1.165, 1.54) is 38.5 Å². The van der Waals surface area contributed by atoms with Crippen LogP contribution in [0.4, 0.5) is 0 Å². The van der Waals surface area contributed by atoms with Crippen LogP contribution >= 0.6 is 35.6 Å². The van der Waals surface area contributed by atoms with Crippen LogP contribution in [0.5, 0.6) is 0 Å². The van der Waals surface area contributed by atoms with E-state index in [1.54, 1.807) is 0 Å². The molecule has 0 aromatic carbocycles. The van der Waals surface area contributed by atoms with Crippen molar-refractivity contribution in [2.75, 3.05) is 0 Å². The lowest BCUT2D eigenvalue weighted by Gasteiger charge is -2.61. The molecule has 4 heteroatoms. The Morgan fingerprint density at radius 3 is 0.880 bits per heavy atom. The summed E-state index contributed by atoms with van der Waals surface area (Å²) in [6.45, 7) is 21.9. The topological polar surface area (TPSA) is 0 Å². The van der Waals surface area contributed by atoms with Crippen LogP contribution in [0.1, 0.15) is 101 Å². The molecule has 0 spiro atoms. The lowest BCUT2D eigenvalue weighted by atomic mass is 10.00. The van der Waals surface area contributed by atoms with Crippen LogP contribution in [0.2, 0.25) is 0 Å². The second-order valence-corrected chi connectivity index (χ2v) is 16.0. The lowest BCUT2D eigenvalue weighted by molar-refractivity contribution is 0.413. The van der Waals surface area contributed by atoms with Gasteiger partial charge >= 0.3 is 0 Å². The molecular weight excluding hydrogens is 376 g/mol. The highest BCUT2D eigenvalue weighted by molar-refractivity contribution is 7.78. The zero-order chi connectivity index (χ0) is 20.1. The first-order valence-electron chi connectivity index (χ1n) is 10.7. The fourth-order valence-electron chi connectivity index (χ4n) is 4.40. The highest BCUT2D eigenvalue weighted by Crippen LogP contribution is 2.81. The molecule has 0 aliphatic heterocycles. The molecule has 0 nitrogen and oxygen atoms in total. The number of hydrogen-bond donors (Lipinski definition) is 0. The smallest absolute Gasteiger partial charge is 0.00882 e. The molecule has 0 saturated heterocycles. The SMILES string of the molecule is CCC(C)C(P)(CC)P(C(P)(CC)C(C)CC)C(P)(CC)C(C)CC. The van der Waals surface area contributed by atoms with Gasteiger partial charge in [0.25, 0.3) is 0 Å². The molecule has 0 saturated carbocycles. The molecule has 0 heterocycles. The summed E-state index contributed by atoms with van der Waals surface area (Å²) in [5.41, 5.74) is 0. The van der Waals surface area contributed by atoms with Crippen LogP contribution in [0.3, 0.4) is 0 Å². The van der Waals surface area contributed by atoms with Gasteiger partial charge in [0.15, 0.2) is 0 Å². The second-order valence-electron chi connectivity index (χ2n) is 8.30. The van der Waals surface area contributed by atoms with Gasteiger partial charge in [-0.25, -0.2) is 0 Å². The van der Waals surface area contributed by atoms with Gasteiger partial charge in [-0.1, -0.05) is 89.5 Å². The normalized spacial score (nSPS) is 24.5. The zero-order valence-electron chi connectivity index (χ0n) is 18.7. The summed E-state index contributed by atoms with van der Waals surface area (Å²) in [6.07, 6.45) is 7.59. The highest BCUT2D eigenvalue weighted by atomic mass is 31.2. The molecule has 0 amide bonds. The minimum atomic E-state index is -0.244. The summed E-state index contributed by atoms with van der Waals surface area (Å²) < 4.78 is 0. The Kier molecular flexibility index (Phi) is 11.8. The first-order chi connectivity index (χ1) is 11.5. The lowest BCUT2D eigenvalue weighted by Crippen LogP contribution is -2.47. The Labute approximate surface area is 169 Å². The van der Waals surface area contributed by atoms with Crippen molar-refractivity contribution in [3.05, 3.63) is 0 Å². The molecule has 0 aliphatic carbocycles. The van der Waals surface area contributed by atoms with E-state index >= 15 is 0 Å². The van der Waals surface area contributed by atoms with Crippen LogP contribution < -0.4 is 0 Å². The van der Waals surface area contributed by atoms with Crippen molar-refractivity contribution < 1.29 is 0 Å². The molecule has 0 fully saturated rings. The third-order valence-electron chi connectivity index (χ3n) is 7.35. The van der Waals surface area contributed by atoms with Gasteiger partial charge in [0.05, 0.1) is 0 Å². The predicted molar refractivity (Wildman–Crippen MR) is 133 cm³/mol. The maximum atomic E-state index is 3.43. The summed E-state index contributed by atoms with van der Waals surface area (Å²) in [4.78, 5) is 1.02. The van der Waals surface area contributed by atoms with Gasteiger partial charge in [-0.3, -0.25) is 0 Å². The van der Waals surface area contributed by atoms with Crippen LogP contribution in [0, 0.1) is 17.8 Å². The van der Waals surface area contributed by atoms with E-state index in [1.807, 2.05) is 0 Å². The fraction of sp³-hybridized carbons (Fsp3) is 1.00. The minimum Gasteiger partial charge on any atom is -0.126 e. The molecule has 9 atom stereocenters. The molecule has 0 rings (SSSR count). The quantitative estimate of drug-likeness (QED) is 0.275. The van der Waals surface area contributed by atoms with Crippen molar-refractivity contribution in [2.45, 2.75) is 116 Å². The molecule has 0 bridgehead atoms. The Morgan fingerprint density at radius 2 is 0.760 bits per heavy atom. The molecule has 9 unspecified atom stereocenters. The van der Waals surface area contributed by atoms with E-state index in [2.05, 4.69) is 90.0 Å². The van der Waals surface area contributed by atoms with Crippen LogP contribution in [-0.4, -0.2) is 14.7 Å². The zero-order valence-corrected chi connectivity index (χ0v) is 23.0. The van der Waals surface area contributed by atoms with Gasteiger partial charge < -0.3 is 0 Å². The Morgan fingerprint density at radius 1 is 0.560 bits per heavy atom. The monoisotopic (exact) mass is 424 g/mol. The predicted octanol–water partition coefficient (Wildman–Crippen LogP) is 8.55. The summed E-state index contributed by atoms with van der Waals surface area (Å²) in [5.74, 6) is 2.21. The summed E-state index contributed by atoms with van der Waals surface area (Å²) in [5, 5.41) is 0. The Balaban J connectivity index is 6.69. The van der Waals surface area contributed by atoms with Crippen molar-refractivity contribution in [1.29, 1.82) is 0 Å². The number of rotatable bonds is 12. The van der Waals surface area contributed by atoms with E-state index in [-0.39, 0.29) is 7.92 Å². The first-order valence-corrected chi connectivity index (χ1v) is 13.7. The third kappa shape index (κ3) is 5.21. The fourth-order valence-corrected chi connectivity index (χ4v) is 15.9. The molecule has 152 valence electrons. The van der Waals surface area contributed by atoms with E-state index in [0.717, 1.165) is 17.8 Å². The summed E-state index contributed by atoms with van der Waals surface area (Å²) >= 11 is 0. The summed E-state index contributed by atoms with van der Waals surface area (Å²) in [6, 6.07) is 0. The first kappa shape index (κ1) is 26.7. The van der Waals surface area contributed by atoms with Gasteiger partial charge in [0.2, 0.25) is 0 Å². The van der Waals surface area contributed by atoms with Gasteiger partial charge in [-0.15, -0.1) is 27.7 Å². The molecule has 0 aliphatic rings. The van der Waals surface area contributed by atoms with Gasteiger partial charge in [-0.05, 0) is 37.0 Å². The average Bonchev–Trinajstić information content (AvgIpc) is 2.64.